The third kappa shape index (κ3) is 5.20. The van der Waals surface area contributed by atoms with E-state index in [-0.39, 0.29) is 6.03 Å². The zero-order chi connectivity index (χ0) is 24.9. The summed E-state index contributed by atoms with van der Waals surface area (Å²) in [7, 11) is 0. The number of unbranched alkanes of at least 4 members (excludes halogenated alkanes) is 4. The summed E-state index contributed by atoms with van der Waals surface area (Å²) in [5, 5.41) is 14.7. The number of aryl methyl sites for hydroxylation is 2. The maximum Gasteiger partial charge on any atom is 0.347 e. The lowest BCUT2D eigenvalue weighted by Gasteiger charge is -2.38. The summed E-state index contributed by atoms with van der Waals surface area (Å²) < 4.78 is 0. The van der Waals surface area contributed by atoms with Gasteiger partial charge >= 0.3 is 12.1 Å². The lowest BCUT2D eigenvalue weighted by molar-refractivity contribution is -0.0949. The van der Waals surface area contributed by atoms with Crippen molar-refractivity contribution in [3.05, 3.63) is 59.7 Å². The first-order chi connectivity index (χ1) is 16.2. The number of rotatable bonds is 9. The molecule has 7 nitrogen and oxygen atoms in total. The number of nitrogens with one attached hydrogen (secondary N) is 1. The first kappa shape index (κ1) is 25.6. The molecule has 2 aromatic rings. The van der Waals surface area contributed by atoms with Gasteiger partial charge in [-0.2, -0.15) is 5.06 Å². The molecule has 1 aliphatic heterocycles. The molecule has 1 aliphatic rings. The Bertz CT molecular complexity index is 1010. The topological polar surface area (TPSA) is 76.1 Å². The first-order valence-corrected chi connectivity index (χ1v) is 12.2. The number of carbonyl (C=O) groups is 2. The Morgan fingerprint density at radius 3 is 2.26 bits per heavy atom. The van der Waals surface area contributed by atoms with Crippen LogP contribution < -0.4 is 10.2 Å². The van der Waals surface area contributed by atoms with Crippen LogP contribution in [0.25, 0.3) is 0 Å². The second kappa shape index (κ2) is 10.9. The third-order valence-electron chi connectivity index (χ3n) is 6.70. The van der Waals surface area contributed by atoms with Gasteiger partial charge in [-0.3, -0.25) is 10.1 Å². The van der Waals surface area contributed by atoms with Gasteiger partial charge in [-0.05, 0) is 57.4 Å². The van der Waals surface area contributed by atoms with Gasteiger partial charge in [0.15, 0.2) is 6.17 Å². The van der Waals surface area contributed by atoms with E-state index >= 15 is 0 Å². The normalized spacial score (nSPS) is 17.2. The Balaban J connectivity index is 1.91. The highest BCUT2D eigenvalue weighted by atomic mass is 16.5. The minimum Gasteiger partial charge on any atom is -0.315 e. The van der Waals surface area contributed by atoms with Gasteiger partial charge in [0.25, 0.3) is 0 Å². The van der Waals surface area contributed by atoms with E-state index in [1.165, 1.54) is 6.42 Å². The van der Waals surface area contributed by atoms with Crippen molar-refractivity contribution in [3.8, 4) is 0 Å². The smallest absolute Gasteiger partial charge is 0.315 e. The molecule has 7 heteroatoms. The molecule has 0 saturated carbocycles. The largest absolute Gasteiger partial charge is 0.347 e. The van der Waals surface area contributed by atoms with Crippen LogP contribution in [-0.2, 0) is 0 Å². The van der Waals surface area contributed by atoms with E-state index in [9.17, 15) is 14.8 Å². The van der Waals surface area contributed by atoms with E-state index in [1.807, 2.05) is 70.2 Å². The van der Waals surface area contributed by atoms with Crippen molar-refractivity contribution < 1.29 is 14.8 Å². The SMILES string of the molecule is CCCCCCCN1C(=O)N(c2ccccc2C)[C@@H](N(O)C(=O)Nc2ccccc2C)C1(C)C. The number of hydrogen-bond acceptors (Lipinski definition) is 3. The second-order valence-electron chi connectivity index (χ2n) is 9.62. The highest BCUT2D eigenvalue weighted by Crippen LogP contribution is 2.39. The highest BCUT2D eigenvalue weighted by Gasteiger charge is 2.56. The maximum absolute atomic E-state index is 13.7. The van der Waals surface area contributed by atoms with E-state index in [4.69, 9.17) is 0 Å². The van der Waals surface area contributed by atoms with Crippen LogP contribution in [0.4, 0.5) is 21.0 Å². The zero-order valence-corrected chi connectivity index (χ0v) is 21.0. The van der Waals surface area contributed by atoms with E-state index in [1.54, 1.807) is 15.9 Å². The summed E-state index contributed by atoms with van der Waals surface area (Å²) in [6, 6.07) is 14.1. The second-order valence-corrected chi connectivity index (χ2v) is 9.62. The monoisotopic (exact) mass is 466 g/mol. The minimum atomic E-state index is -0.902. The molecule has 1 atom stereocenters. The van der Waals surface area contributed by atoms with Gasteiger partial charge in [0.2, 0.25) is 0 Å². The van der Waals surface area contributed by atoms with Gasteiger partial charge in [0.05, 0.1) is 11.2 Å². The number of para-hydroxylation sites is 2. The van der Waals surface area contributed by atoms with Crippen LogP contribution in [0.2, 0.25) is 0 Å². The lowest BCUT2D eigenvalue weighted by Crippen LogP contribution is -2.58. The first-order valence-electron chi connectivity index (χ1n) is 12.2. The predicted molar refractivity (Wildman–Crippen MR) is 136 cm³/mol. The molecule has 2 N–H and O–H groups in total. The highest BCUT2D eigenvalue weighted by molar-refractivity contribution is 5.98. The summed E-state index contributed by atoms with van der Waals surface area (Å²) >= 11 is 0. The molecule has 1 saturated heterocycles. The van der Waals surface area contributed by atoms with Crippen LogP contribution in [0.1, 0.15) is 64.0 Å². The molecule has 0 bridgehead atoms. The number of hydroxylamine groups is 2. The predicted octanol–water partition coefficient (Wildman–Crippen LogP) is 6.54. The molecule has 0 radical (unpaired) electrons. The third-order valence-corrected chi connectivity index (χ3v) is 6.70. The average molecular weight is 467 g/mol. The van der Waals surface area contributed by atoms with Crippen molar-refractivity contribution in [2.45, 2.75) is 78.4 Å². The van der Waals surface area contributed by atoms with Crippen molar-refractivity contribution in [2.24, 2.45) is 0 Å². The van der Waals surface area contributed by atoms with E-state index in [2.05, 4.69) is 12.2 Å². The van der Waals surface area contributed by atoms with Gasteiger partial charge < -0.3 is 10.2 Å². The maximum atomic E-state index is 13.7. The van der Waals surface area contributed by atoms with Crippen molar-refractivity contribution in [2.75, 3.05) is 16.8 Å². The number of hydrogen-bond donors (Lipinski definition) is 2. The average Bonchev–Trinajstić information content (AvgIpc) is 3.00. The molecule has 1 fully saturated rings. The quantitative estimate of drug-likeness (QED) is 0.250. The Morgan fingerprint density at radius 2 is 1.62 bits per heavy atom. The lowest BCUT2D eigenvalue weighted by atomic mass is 9.99. The number of amides is 4. The molecule has 34 heavy (non-hydrogen) atoms. The van der Waals surface area contributed by atoms with E-state index < -0.39 is 17.7 Å². The fraction of sp³-hybridized carbons (Fsp3) is 0.481. The Kier molecular flexibility index (Phi) is 8.20. The fourth-order valence-electron chi connectivity index (χ4n) is 4.67. The summed E-state index contributed by atoms with van der Waals surface area (Å²) in [6.07, 6.45) is 4.49. The Labute approximate surface area is 203 Å². The van der Waals surface area contributed by atoms with Gasteiger partial charge in [-0.1, -0.05) is 69.0 Å². The summed E-state index contributed by atoms with van der Waals surface area (Å²) in [6.45, 7) is 10.4. The molecule has 3 rings (SSSR count). The molecule has 1 heterocycles. The molecule has 184 valence electrons. The van der Waals surface area contributed by atoms with Gasteiger partial charge in [-0.15, -0.1) is 0 Å². The van der Waals surface area contributed by atoms with Crippen molar-refractivity contribution in [1.82, 2.24) is 9.96 Å². The van der Waals surface area contributed by atoms with Gasteiger partial charge in [0.1, 0.15) is 0 Å². The van der Waals surface area contributed by atoms with Crippen molar-refractivity contribution >= 4 is 23.4 Å². The van der Waals surface area contributed by atoms with Crippen LogP contribution in [0.15, 0.2) is 48.5 Å². The zero-order valence-electron chi connectivity index (χ0n) is 21.0. The number of urea groups is 2. The number of anilines is 2. The molecule has 0 unspecified atom stereocenters. The Hall–Kier alpha value is -3.06. The molecule has 2 aromatic carbocycles. The van der Waals surface area contributed by atoms with Crippen LogP contribution in [-0.4, -0.2) is 45.5 Å². The molecule has 4 amide bonds. The van der Waals surface area contributed by atoms with Crippen LogP contribution in [0.3, 0.4) is 0 Å². The van der Waals surface area contributed by atoms with E-state index in [0.29, 0.717) is 23.0 Å². The number of carbonyl (C=O) groups excluding carboxylic acids is 2. The molecule has 0 spiro atoms. The van der Waals surface area contributed by atoms with Crippen molar-refractivity contribution in [1.29, 1.82) is 0 Å². The summed E-state index contributed by atoms with van der Waals surface area (Å²) in [5.41, 5.74) is 2.26. The fourth-order valence-corrected chi connectivity index (χ4v) is 4.67. The van der Waals surface area contributed by atoms with E-state index in [0.717, 1.165) is 36.8 Å². The molecular formula is C27H38N4O3. The molecular weight excluding hydrogens is 428 g/mol. The standard InChI is InChI=1S/C27H38N4O3/c1-6-7-8-9-14-19-29-26(33)30(23-18-13-11-16-21(23)3)24(27(29,4)5)31(34)25(32)28-22-17-12-10-15-20(22)2/h10-13,15-18,24,34H,6-9,14,19H2,1-5H3,(H,28,32)/t24-/m0/s1. The van der Waals surface area contributed by atoms with Crippen LogP contribution in [0.5, 0.6) is 0 Å². The molecule has 0 aliphatic carbocycles. The Morgan fingerprint density at radius 1 is 1.00 bits per heavy atom. The molecule has 0 aromatic heterocycles. The number of nitrogens with zero attached hydrogens (tertiary/aromatic N) is 3. The van der Waals surface area contributed by atoms with Gasteiger partial charge in [0, 0.05) is 12.2 Å². The van der Waals surface area contributed by atoms with Crippen LogP contribution in [0, 0.1) is 13.8 Å². The van der Waals surface area contributed by atoms with Gasteiger partial charge in [-0.25, -0.2) is 9.59 Å². The minimum absolute atomic E-state index is 0.206. The number of benzene rings is 2. The van der Waals surface area contributed by atoms with Crippen LogP contribution >= 0.6 is 0 Å². The van der Waals surface area contributed by atoms with Crippen molar-refractivity contribution in [3.63, 3.8) is 0 Å². The summed E-state index contributed by atoms with van der Waals surface area (Å²) in [5.74, 6) is 0. The summed E-state index contributed by atoms with van der Waals surface area (Å²) in [4.78, 5) is 30.2.